The number of likely N-dealkylation sites (N-methyl/N-ethyl adjacent to an activating group) is 1. The van der Waals surface area contributed by atoms with Gasteiger partial charge in [0.25, 0.3) is 5.91 Å². The first kappa shape index (κ1) is 17.4. The van der Waals surface area contributed by atoms with Gasteiger partial charge in [0.05, 0.1) is 11.7 Å². The van der Waals surface area contributed by atoms with Crippen molar-refractivity contribution in [1.82, 2.24) is 24.9 Å². The normalized spacial score (nSPS) is 15.2. The fourth-order valence-corrected chi connectivity index (χ4v) is 2.79. The minimum absolute atomic E-state index is 0.00351. The summed E-state index contributed by atoms with van der Waals surface area (Å²) >= 11 is 0. The zero-order chi connectivity index (χ0) is 18.4. The van der Waals surface area contributed by atoms with E-state index in [4.69, 9.17) is 0 Å². The molecule has 7 nitrogen and oxygen atoms in total. The van der Waals surface area contributed by atoms with Gasteiger partial charge >= 0.3 is 0 Å². The average molecular weight is 342 g/mol. The maximum Gasteiger partial charge on any atom is 0.274 e. The van der Waals surface area contributed by atoms with Gasteiger partial charge in [-0.05, 0) is 25.1 Å². The summed E-state index contributed by atoms with van der Waals surface area (Å²) in [6, 6.07) is 6.03. The van der Waals surface area contributed by atoms with Crippen LogP contribution in [-0.2, 0) is 12.5 Å². The Morgan fingerprint density at radius 2 is 1.92 bits per heavy atom. The highest BCUT2D eigenvalue weighted by atomic mass is 16.2. The van der Waals surface area contributed by atoms with E-state index in [2.05, 4.69) is 41.0 Å². The first-order chi connectivity index (χ1) is 11.7. The SMILES string of the molecule is Cc1cc(C(=O)N(C)C2CN(c3ccc(C(C)(C)C)nn3)C2)nn1C. The first-order valence-corrected chi connectivity index (χ1v) is 8.54. The standard InChI is InChI=1S/C18H26N6O/c1-12-9-14(21-23(12)6)17(25)22(5)13-10-24(11-13)16-8-7-15(19-20-16)18(2,3)4/h7-9,13H,10-11H2,1-6H3. The van der Waals surface area contributed by atoms with Crippen molar-refractivity contribution in [3.63, 3.8) is 0 Å². The summed E-state index contributed by atoms with van der Waals surface area (Å²) in [5.41, 5.74) is 2.44. The largest absolute Gasteiger partial charge is 0.351 e. The van der Waals surface area contributed by atoms with Crippen LogP contribution in [0.15, 0.2) is 18.2 Å². The van der Waals surface area contributed by atoms with E-state index in [0.717, 1.165) is 30.3 Å². The Morgan fingerprint density at radius 1 is 1.24 bits per heavy atom. The summed E-state index contributed by atoms with van der Waals surface area (Å²) < 4.78 is 1.72. The van der Waals surface area contributed by atoms with E-state index in [-0.39, 0.29) is 17.4 Å². The van der Waals surface area contributed by atoms with Gasteiger partial charge in [0.1, 0.15) is 0 Å². The minimum Gasteiger partial charge on any atom is -0.351 e. The quantitative estimate of drug-likeness (QED) is 0.850. The maximum absolute atomic E-state index is 12.5. The third-order valence-electron chi connectivity index (χ3n) is 4.81. The van der Waals surface area contributed by atoms with E-state index in [1.54, 1.807) is 9.58 Å². The molecule has 0 saturated carbocycles. The fraction of sp³-hybridized carbons (Fsp3) is 0.556. The molecular formula is C18H26N6O. The number of hydrogen-bond acceptors (Lipinski definition) is 5. The molecule has 0 N–H and O–H groups in total. The summed E-state index contributed by atoms with van der Waals surface area (Å²) in [7, 11) is 3.68. The van der Waals surface area contributed by atoms with Gasteiger partial charge in [0.15, 0.2) is 11.5 Å². The Bertz CT molecular complexity index is 748. The van der Waals surface area contributed by atoms with Gasteiger partial charge in [-0.25, -0.2) is 0 Å². The van der Waals surface area contributed by atoms with Crippen molar-refractivity contribution in [2.45, 2.75) is 39.2 Å². The molecule has 0 atom stereocenters. The number of nitrogens with zero attached hydrogens (tertiary/aromatic N) is 6. The topological polar surface area (TPSA) is 67.2 Å². The summed E-state index contributed by atoms with van der Waals surface area (Å²) in [4.78, 5) is 16.5. The number of amides is 1. The molecule has 134 valence electrons. The molecule has 3 rings (SSSR count). The molecule has 7 heteroatoms. The lowest BCUT2D eigenvalue weighted by Gasteiger charge is -2.44. The Balaban J connectivity index is 1.61. The molecule has 0 bridgehead atoms. The molecule has 1 fully saturated rings. The van der Waals surface area contributed by atoms with Crippen molar-refractivity contribution in [2.75, 3.05) is 25.0 Å². The molecule has 2 aromatic rings. The highest BCUT2D eigenvalue weighted by Gasteiger charge is 2.34. The second kappa shape index (κ2) is 6.13. The van der Waals surface area contributed by atoms with Crippen LogP contribution in [0.2, 0.25) is 0 Å². The number of rotatable bonds is 3. The lowest BCUT2D eigenvalue weighted by atomic mass is 9.92. The van der Waals surface area contributed by atoms with E-state index in [1.165, 1.54) is 0 Å². The third kappa shape index (κ3) is 3.36. The van der Waals surface area contributed by atoms with Crippen molar-refractivity contribution in [3.8, 4) is 0 Å². The summed E-state index contributed by atoms with van der Waals surface area (Å²) in [6.07, 6.45) is 0. The fourth-order valence-electron chi connectivity index (χ4n) is 2.79. The minimum atomic E-state index is -0.0393. The number of aromatic nitrogens is 4. The highest BCUT2D eigenvalue weighted by molar-refractivity contribution is 5.92. The van der Waals surface area contributed by atoms with Gasteiger partial charge in [-0.15, -0.1) is 5.10 Å². The predicted molar refractivity (Wildman–Crippen MR) is 96.8 cm³/mol. The van der Waals surface area contributed by atoms with Gasteiger partial charge < -0.3 is 9.80 Å². The van der Waals surface area contributed by atoms with E-state index in [9.17, 15) is 4.79 Å². The number of hydrogen-bond donors (Lipinski definition) is 0. The molecular weight excluding hydrogens is 316 g/mol. The van der Waals surface area contributed by atoms with Crippen LogP contribution < -0.4 is 4.90 Å². The molecule has 0 radical (unpaired) electrons. The third-order valence-corrected chi connectivity index (χ3v) is 4.81. The maximum atomic E-state index is 12.5. The van der Waals surface area contributed by atoms with Crippen LogP contribution in [0.4, 0.5) is 5.82 Å². The van der Waals surface area contributed by atoms with Crippen molar-refractivity contribution >= 4 is 11.7 Å². The summed E-state index contributed by atoms with van der Waals surface area (Å²) in [5, 5.41) is 12.9. The zero-order valence-electron chi connectivity index (χ0n) is 15.8. The molecule has 0 aliphatic carbocycles. The summed E-state index contributed by atoms with van der Waals surface area (Å²) in [6.45, 7) is 9.83. The lowest BCUT2D eigenvalue weighted by molar-refractivity contribution is 0.0698. The first-order valence-electron chi connectivity index (χ1n) is 8.54. The van der Waals surface area contributed by atoms with Crippen LogP contribution in [0.1, 0.15) is 42.6 Å². The van der Waals surface area contributed by atoms with Crippen molar-refractivity contribution < 1.29 is 4.79 Å². The Labute approximate surface area is 148 Å². The number of anilines is 1. The molecule has 3 heterocycles. The monoisotopic (exact) mass is 342 g/mol. The second-order valence-corrected chi connectivity index (χ2v) is 7.80. The Hall–Kier alpha value is -2.44. The van der Waals surface area contributed by atoms with E-state index in [0.29, 0.717) is 5.69 Å². The van der Waals surface area contributed by atoms with Crippen LogP contribution in [0.25, 0.3) is 0 Å². The van der Waals surface area contributed by atoms with Crippen molar-refractivity contribution in [1.29, 1.82) is 0 Å². The molecule has 0 spiro atoms. The van der Waals surface area contributed by atoms with Gasteiger partial charge in [-0.1, -0.05) is 20.8 Å². The molecule has 0 aromatic carbocycles. The van der Waals surface area contributed by atoms with Crippen molar-refractivity contribution in [3.05, 3.63) is 35.3 Å². The second-order valence-electron chi connectivity index (χ2n) is 7.80. The molecule has 0 unspecified atom stereocenters. The van der Waals surface area contributed by atoms with E-state index in [1.807, 2.05) is 39.2 Å². The van der Waals surface area contributed by atoms with Crippen LogP contribution in [0, 0.1) is 6.92 Å². The zero-order valence-corrected chi connectivity index (χ0v) is 15.8. The number of carbonyl (C=O) groups excluding carboxylic acids is 1. The van der Waals surface area contributed by atoms with Crippen molar-refractivity contribution in [2.24, 2.45) is 7.05 Å². The average Bonchev–Trinajstić information content (AvgIpc) is 2.84. The molecule has 1 saturated heterocycles. The molecule has 1 aliphatic heterocycles. The van der Waals surface area contributed by atoms with Crippen LogP contribution in [-0.4, -0.2) is 57.0 Å². The van der Waals surface area contributed by atoms with Gasteiger partial charge in [-0.3, -0.25) is 9.48 Å². The van der Waals surface area contributed by atoms with Crippen LogP contribution in [0.5, 0.6) is 0 Å². The van der Waals surface area contributed by atoms with E-state index >= 15 is 0 Å². The lowest BCUT2D eigenvalue weighted by Crippen LogP contribution is -2.60. The number of carbonyl (C=O) groups is 1. The highest BCUT2D eigenvalue weighted by Crippen LogP contribution is 2.24. The van der Waals surface area contributed by atoms with Gasteiger partial charge in [0, 0.05) is 38.3 Å². The number of aryl methyl sites for hydroxylation is 2. The summed E-state index contributed by atoms with van der Waals surface area (Å²) in [5.74, 6) is 0.821. The van der Waals surface area contributed by atoms with Gasteiger partial charge in [0.2, 0.25) is 0 Å². The predicted octanol–water partition coefficient (Wildman–Crippen LogP) is 1.78. The molecule has 1 aliphatic rings. The molecule has 1 amide bonds. The molecule has 2 aromatic heterocycles. The van der Waals surface area contributed by atoms with Crippen LogP contribution >= 0.6 is 0 Å². The van der Waals surface area contributed by atoms with E-state index < -0.39 is 0 Å². The van der Waals surface area contributed by atoms with Crippen LogP contribution in [0.3, 0.4) is 0 Å². The Morgan fingerprint density at radius 3 is 2.40 bits per heavy atom. The van der Waals surface area contributed by atoms with Gasteiger partial charge in [-0.2, -0.15) is 10.2 Å². The smallest absolute Gasteiger partial charge is 0.274 e. The Kier molecular flexibility index (Phi) is 4.26. The molecule has 25 heavy (non-hydrogen) atoms.